The number of carbonyl (C=O) groups excluding carboxylic acids is 1. The van der Waals surface area contributed by atoms with E-state index < -0.39 is 17.4 Å². The minimum Gasteiger partial charge on any atom is -0.476 e. The van der Waals surface area contributed by atoms with Gasteiger partial charge in [0.15, 0.2) is 0 Å². The Labute approximate surface area is 169 Å². The first-order valence-corrected chi connectivity index (χ1v) is 10.4. The first-order chi connectivity index (χ1) is 13.6. The summed E-state index contributed by atoms with van der Waals surface area (Å²) < 4.78 is 32.4. The van der Waals surface area contributed by atoms with Crippen LogP contribution in [0.3, 0.4) is 0 Å². The van der Waals surface area contributed by atoms with Crippen molar-refractivity contribution in [1.29, 1.82) is 0 Å². The van der Waals surface area contributed by atoms with Crippen LogP contribution in [0.5, 0.6) is 5.88 Å². The maximum absolute atomic E-state index is 13.3. The number of aromatic nitrogens is 1. The molecule has 1 saturated heterocycles. The van der Waals surface area contributed by atoms with Gasteiger partial charge in [0.05, 0.1) is 31.3 Å². The highest BCUT2D eigenvalue weighted by Crippen LogP contribution is 2.38. The fourth-order valence-electron chi connectivity index (χ4n) is 3.51. The third-order valence-corrected chi connectivity index (χ3v) is 5.83. The van der Waals surface area contributed by atoms with Crippen LogP contribution in [-0.2, 0) is 0 Å². The van der Waals surface area contributed by atoms with Gasteiger partial charge < -0.3 is 20.1 Å². The van der Waals surface area contributed by atoms with E-state index in [1.165, 1.54) is 11.0 Å². The van der Waals surface area contributed by atoms with E-state index in [4.69, 9.17) is 4.74 Å². The Morgan fingerprint density at radius 2 is 1.97 bits per heavy atom. The van der Waals surface area contributed by atoms with E-state index in [1.807, 2.05) is 0 Å². The summed E-state index contributed by atoms with van der Waals surface area (Å²) in [5, 5.41) is 13.3. The number of hydrogen-bond acceptors (Lipinski definition) is 5. The maximum Gasteiger partial charge on any atom is 0.282 e. The second-order valence-electron chi connectivity index (χ2n) is 9.35. The van der Waals surface area contributed by atoms with Crippen molar-refractivity contribution in [3.63, 3.8) is 0 Å². The molecule has 3 aliphatic rings. The molecule has 2 aliphatic carbocycles. The number of rotatable bonds is 9. The quantitative estimate of drug-likeness (QED) is 0.656. The summed E-state index contributed by atoms with van der Waals surface area (Å²) in [5.41, 5.74) is -0.394. The second kappa shape index (κ2) is 7.38. The number of pyridine rings is 1. The molecule has 8 heteroatoms. The number of ether oxygens (including phenoxy) is 1. The van der Waals surface area contributed by atoms with Crippen LogP contribution in [0.15, 0.2) is 12.1 Å². The third-order valence-electron chi connectivity index (χ3n) is 5.83. The van der Waals surface area contributed by atoms with Crippen molar-refractivity contribution in [1.82, 2.24) is 10.3 Å². The molecule has 3 fully saturated rings. The van der Waals surface area contributed by atoms with Crippen molar-refractivity contribution in [3.05, 3.63) is 17.8 Å². The highest BCUT2D eigenvalue weighted by atomic mass is 19.3. The Morgan fingerprint density at radius 1 is 1.31 bits per heavy atom. The van der Waals surface area contributed by atoms with Gasteiger partial charge >= 0.3 is 0 Å². The lowest BCUT2D eigenvalue weighted by atomic mass is 9.93. The molecule has 1 aromatic rings. The summed E-state index contributed by atoms with van der Waals surface area (Å²) in [7, 11) is 0. The molecule has 1 aliphatic heterocycles. The van der Waals surface area contributed by atoms with Crippen LogP contribution in [0.4, 0.5) is 14.5 Å². The molecule has 4 rings (SSSR count). The van der Waals surface area contributed by atoms with E-state index in [0.29, 0.717) is 24.1 Å². The highest BCUT2D eigenvalue weighted by molar-refractivity contribution is 5.93. The van der Waals surface area contributed by atoms with Crippen molar-refractivity contribution >= 4 is 11.6 Å². The fourth-order valence-corrected chi connectivity index (χ4v) is 3.51. The van der Waals surface area contributed by atoms with Gasteiger partial charge in [-0.3, -0.25) is 4.79 Å². The van der Waals surface area contributed by atoms with E-state index in [2.05, 4.69) is 10.3 Å². The largest absolute Gasteiger partial charge is 0.476 e. The third kappa shape index (κ3) is 5.15. The molecule has 2 heterocycles. The lowest BCUT2D eigenvalue weighted by Gasteiger charge is -2.40. The van der Waals surface area contributed by atoms with Gasteiger partial charge in [-0.1, -0.05) is 12.8 Å². The molecule has 29 heavy (non-hydrogen) atoms. The van der Waals surface area contributed by atoms with Gasteiger partial charge in [0.1, 0.15) is 11.4 Å². The average molecular weight is 409 g/mol. The smallest absolute Gasteiger partial charge is 0.282 e. The van der Waals surface area contributed by atoms with Crippen LogP contribution in [0, 0.1) is 11.8 Å². The van der Waals surface area contributed by atoms with Gasteiger partial charge in [-0.25, -0.2) is 13.8 Å². The zero-order chi connectivity index (χ0) is 20.8. The standard InChI is InChI=1S/C21H29F2N3O3/c1-20(2,28)17(9-13-3-4-13)25-18(27)15-7-8-16(26-11-21(22,23)12-26)19(24-15)29-10-14-5-6-14/h7-8,13-14,17,28H,3-6,9-12H2,1-2H3,(H,25,27). The number of aliphatic hydroxyl groups is 1. The topological polar surface area (TPSA) is 74.7 Å². The first-order valence-electron chi connectivity index (χ1n) is 10.4. The Morgan fingerprint density at radius 3 is 2.52 bits per heavy atom. The predicted molar refractivity (Wildman–Crippen MR) is 105 cm³/mol. The molecule has 0 bridgehead atoms. The Bertz CT molecular complexity index is 765. The Kier molecular flexibility index (Phi) is 5.17. The molecule has 0 spiro atoms. The average Bonchev–Trinajstić information content (AvgIpc) is 3.50. The van der Waals surface area contributed by atoms with Crippen LogP contribution in [-0.4, -0.2) is 53.3 Å². The van der Waals surface area contributed by atoms with Crippen LogP contribution >= 0.6 is 0 Å². The molecule has 0 aromatic carbocycles. The zero-order valence-electron chi connectivity index (χ0n) is 17.0. The number of alkyl halides is 2. The van der Waals surface area contributed by atoms with E-state index in [9.17, 15) is 18.7 Å². The van der Waals surface area contributed by atoms with E-state index >= 15 is 0 Å². The normalized spacial score (nSPS) is 22.0. The van der Waals surface area contributed by atoms with Crippen molar-refractivity contribution in [2.45, 2.75) is 63.5 Å². The summed E-state index contributed by atoms with van der Waals surface area (Å²) >= 11 is 0. The highest BCUT2D eigenvalue weighted by Gasteiger charge is 2.45. The molecule has 160 valence electrons. The minimum absolute atomic E-state index is 0.164. The molecule has 1 amide bonds. The SMILES string of the molecule is CC(C)(O)C(CC1CC1)NC(=O)c1ccc(N2CC(F)(F)C2)c(OCC2CC2)n1. The molecule has 1 aromatic heterocycles. The maximum atomic E-state index is 13.3. The first kappa shape index (κ1) is 20.3. The van der Waals surface area contributed by atoms with Crippen molar-refractivity contribution < 1.29 is 23.4 Å². The van der Waals surface area contributed by atoms with Crippen LogP contribution in [0.25, 0.3) is 0 Å². The van der Waals surface area contributed by atoms with Gasteiger partial charge in [-0.05, 0) is 57.1 Å². The monoisotopic (exact) mass is 409 g/mol. The van der Waals surface area contributed by atoms with Crippen LogP contribution in [0.1, 0.15) is 56.4 Å². The molecule has 6 nitrogen and oxygen atoms in total. The molecule has 2 N–H and O–H groups in total. The number of carbonyl (C=O) groups is 1. The number of hydrogen-bond donors (Lipinski definition) is 2. The number of anilines is 1. The van der Waals surface area contributed by atoms with Crippen molar-refractivity contribution in [2.75, 3.05) is 24.6 Å². The van der Waals surface area contributed by atoms with Crippen LogP contribution < -0.4 is 15.0 Å². The Balaban J connectivity index is 1.49. The minimum atomic E-state index is -2.70. The fraction of sp³-hybridized carbons (Fsp3) is 0.714. The summed E-state index contributed by atoms with van der Waals surface area (Å²) in [5.74, 6) is -1.87. The number of nitrogens with zero attached hydrogens (tertiary/aromatic N) is 2. The molecular weight excluding hydrogens is 380 g/mol. The van der Waals surface area contributed by atoms with E-state index in [1.54, 1.807) is 19.9 Å². The van der Waals surface area contributed by atoms with Gasteiger partial charge in [-0.15, -0.1) is 0 Å². The zero-order valence-corrected chi connectivity index (χ0v) is 17.0. The molecule has 2 saturated carbocycles. The molecular formula is C21H29F2N3O3. The van der Waals surface area contributed by atoms with Gasteiger partial charge in [-0.2, -0.15) is 0 Å². The van der Waals surface area contributed by atoms with Crippen molar-refractivity contribution in [3.8, 4) is 5.88 Å². The number of nitrogens with one attached hydrogen (secondary N) is 1. The Hall–Kier alpha value is -1.96. The lowest BCUT2D eigenvalue weighted by Crippen LogP contribution is -2.56. The summed E-state index contributed by atoms with van der Waals surface area (Å²) in [6.45, 7) is 3.10. The van der Waals surface area contributed by atoms with Crippen LogP contribution in [0.2, 0.25) is 0 Å². The van der Waals surface area contributed by atoms with E-state index in [-0.39, 0.29) is 30.7 Å². The molecule has 1 unspecified atom stereocenters. The van der Waals surface area contributed by atoms with Gasteiger partial charge in [0.2, 0.25) is 5.88 Å². The van der Waals surface area contributed by atoms with Gasteiger partial charge in [0, 0.05) is 0 Å². The van der Waals surface area contributed by atoms with Crippen molar-refractivity contribution in [2.24, 2.45) is 11.8 Å². The molecule has 0 radical (unpaired) electrons. The number of amides is 1. The van der Waals surface area contributed by atoms with E-state index in [0.717, 1.165) is 32.1 Å². The lowest BCUT2D eigenvalue weighted by molar-refractivity contribution is -0.0265. The van der Waals surface area contributed by atoms with Gasteiger partial charge in [0.25, 0.3) is 11.8 Å². The molecule has 1 atom stereocenters. The predicted octanol–water partition coefficient (Wildman–Crippen LogP) is 3.00. The summed E-state index contributed by atoms with van der Waals surface area (Å²) in [6.07, 6.45) is 5.14. The summed E-state index contributed by atoms with van der Waals surface area (Å²) in [6, 6.07) is 2.78. The second-order valence-corrected chi connectivity index (χ2v) is 9.35. The summed E-state index contributed by atoms with van der Waals surface area (Å²) in [4.78, 5) is 18.7. The number of halogens is 2.